The molecule has 0 radical (unpaired) electrons. The molecule has 7 N–H and O–H groups in total. The van der Waals surface area contributed by atoms with Crippen molar-refractivity contribution in [3.8, 4) is 0 Å². The zero-order valence-electron chi connectivity index (χ0n) is 10.1. The second kappa shape index (κ2) is 12.4. The van der Waals surface area contributed by atoms with Crippen molar-refractivity contribution in [1.82, 2.24) is 0 Å². The van der Waals surface area contributed by atoms with Gasteiger partial charge in [0.25, 0.3) is 0 Å². The van der Waals surface area contributed by atoms with E-state index in [0.717, 1.165) is 12.7 Å². The number of guanidine groups is 1. The molecule has 7 nitrogen and oxygen atoms in total. The van der Waals surface area contributed by atoms with Crippen LogP contribution in [0.4, 0.5) is 0 Å². The standard InChI is InChI=1S/C6H14N4O2.C4H8O/c7-4(5(11)12)2-1-3-10-6(8)9;1-2-3-4-5/h4H,1-3,7H2,(H,11,12)(H4,8,9,10);4H,2-3H2,1H3/t4-;/m0./s1. The van der Waals surface area contributed by atoms with Gasteiger partial charge in [-0.3, -0.25) is 9.79 Å². The minimum absolute atomic E-state index is 0.0129. The van der Waals surface area contributed by atoms with Gasteiger partial charge in [-0.05, 0) is 19.3 Å². The number of rotatable bonds is 7. The first-order valence-electron chi connectivity index (χ1n) is 5.43. The average Bonchev–Trinajstić information content (AvgIpc) is 2.25. The lowest BCUT2D eigenvalue weighted by Gasteiger charge is -2.03. The minimum Gasteiger partial charge on any atom is -0.480 e. The summed E-state index contributed by atoms with van der Waals surface area (Å²) in [5, 5.41) is 8.38. The molecule has 100 valence electrons. The lowest BCUT2D eigenvalue weighted by molar-refractivity contribution is -0.138. The molecule has 7 heteroatoms. The van der Waals surface area contributed by atoms with Crippen LogP contribution in [0.25, 0.3) is 0 Å². The lowest BCUT2D eigenvalue weighted by atomic mass is 10.2. The van der Waals surface area contributed by atoms with Crippen LogP contribution in [0.3, 0.4) is 0 Å². The first kappa shape index (κ1) is 17.8. The number of aliphatic imine (C=N–C) groups is 1. The fraction of sp³-hybridized carbons (Fsp3) is 0.700. The first-order valence-corrected chi connectivity index (χ1v) is 5.43. The molecule has 0 amide bonds. The topological polar surface area (TPSA) is 145 Å². The monoisotopic (exact) mass is 246 g/mol. The molecule has 0 saturated carbocycles. The number of hydrogen-bond donors (Lipinski definition) is 4. The van der Waals surface area contributed by atoms with Gasteiger partial charge in [-0.25, -0.2) is 0 Å². The molecule has 0 spiro atoms. The normalized spacial score (nSPS) is 10.7. The molecule has 0 saturated heterocycles. The summed E-state index contributed by atoms with van der Waals surface area (Å²) in [7, 11) is 0. The second-order valence-corrected chi connectivity index (χ2v) is 3.35. The fourth-order valence-corrected chi connectivity index (χ4v) is 0.761. The molecule has 0 aliphatic carbocycles. The Morgan fingerprint density at radius 2 is 2.06 bits per heavy atom. The van der Waals surface area contributed by atoms with Crippen molar-refractivity contribution in [2.45, 2.75) is 38.6 Å². The molecule has 0 aliphatic rings. The van der Waals surface area contributed by atoms with Gasteiger partial charge < -0.3 is 27.1 Å². The Hall–Kier alpha value is -1.63. The third-order valence-corrected chi connectivity index (χ3v) is 1.69. The highest BCUT2D eigenvalue weighted by Gasteiger charge is 2.09. The Morgan fingerprint density at radius 1 is 1.47 bits per heavy atom. The number of carbonyl (C=O) groups is 2. The van der Waals surface area contributed by atoms with Crippen LogP contribution in [0, 0.1) is 0 Å². The van der Waals surface area contributed by atoms with Gasteiger partial charge in [-0.1, -0.05) is 6.92 Å². The maximum atomic E-state index is 10.2. The molecule has 0 aromatic carbocycles. The molecule has 0 fully saturated rings. The van der Waals surface area contributed by atoms with Crippen molar-refractivity contribution < 1.29 is 14.7 Å². The van der Waals surface area contributed by atoms with E-state index in [1.54, 1.807) is 0 Å². The number of nitrogens with zero attached hydrogens (tertiary/aromatic N) is 1. The Kier molecular flexibility index (Phi) is 13.0. The number of nitrogens with two attached hydrogens (primary N) is 3. The molecule has 0 unspecified atom stereocenters. The van der Waals surface area contributed by atoms with Crippen molar-refractivity contribution in [3.63, 3.8) is 0 Å². The highest BCUT2D eigenvalue weighted by molar-refractivity contribution is 5.75. The quantitative estimate of drug-likeness (QED) is 0.205. The predicted octanol–water partition coefficient (Wildman–Crippen LogP) is -0.563. The third kappa shape index (κ3) is 17.0. The van der Waals surface area contributed by atoms with E-state index < -0.39 is 12.0 Å². The highest BCUT2D eigenvalue weighted by atomic mass is 16.4. The zero-order valence-corrected chi connectivity index (χ0v) is 10.1. The minimum atomic E-state index is -1.00. The molecule has 0 aromatic heterocycles. The van der Waals surface area contributed by atoms with Gasteiger partial charge >= 0.3 is 5.97 Å². The lowest BCUT2D eigenvalue weighted by Crippen LogP contribution is -2.30. The SMILES string of the molecule is CCCC=O.NC(N)=NCCC[C@H](N)C(=O)O. The van der Waals surface area contributed by atoms with Crippen LogP contribution in [0.15, 0.2) is 4.99 Å². The van der Waals surface area contributed by atoms with E-state index in [1.165, 1.54) is 0 Å². The summed E-state index contributed by atoms with van der Waals surface area (Å²) in [6, 6.07) is -0.820. The van der Waals surface area contributed by atoms with E-state index in [0.29, 0.717) is 25.8 Å². The summed E-state index contributed by atoms with van der Waals surface area (Å²) in [4.78, 5) is 23.3. The van der Waals surface area contributed by atoms with Crippen LogP contribution in [0.5, 0.6) is 0 Å². The number of carboxylic acid groups (broad SMARTS) is 1. The number of carbonyl (C=O) groups excluding carboxylic acids is 1. The van der Waals surface area contributed by atoms with E-state index in [1.807, 2.05) is 6.92 Å². The van der Waals surface area contributed by atoms with Crippen LogP contribution < -0.4 is 17.2 Å². The molecule has 1 atom stereocenters. The van der Waals surface area contributed by atoms with E-state index in [4.69, 9.17) is 22.3 Å². The summed E-state index contributed by atoms with van der Waals surface area (Å²) in [6.45, 7) is 2.40. The van der Waals surface area contributed by atoms with Gasteiger partial charge in [0.1, 0.15) is 12.3 Å². The predicted molar refractivity (Wildman–Crippen MR) is 66.5 cm³/mol. The zero-order chi connectivity index (χ0) is 13.7. The summed E-state index contributed by atoms with van der Waals surface area (Å²) in [5.41, 5.74) is 15.3. The molecular formula is C10H22N4O3. The van der Waals surface area contributed by atoms with Crippen LogP contribution in [-0.4, -0.2) is 35.9 Å². The van der Waals surface area contributed by atoms with Crippen LogP contribution in [0.1, 0.15) is 32.6 Å². The van der Waals surface area contributed by atoms with Crippen LogP contribution in [0.2, 0.25) is 0 Å². The van der Waals surface area contributed by atoms with E-state index in [2.05, 4.69) is 4.99 Å². The van der Waals surface area contributed by atoms with Gasteiger partial charge in [-0.2, -0.15) is 0 Å². The third-order valence-electron chi connectivity index (χ3n) is 1.69. The summed E-state index contributed by atoms with van der Waals surface area (Å²) in [6.07, 6.45) is 3.57. The number of carboxylic acids is 1. The van der Waals surface area contributed by atoms with Gasteiger partial charge in [0.2, 0.25) is 0 Å². The second-order valence-electron chi connectivity index (χ2n) is 3.35. The molecular weight excluding hydrogens is 224 g/mol. The number of aliphatic carboxylic acids is 1. The molecule has 0 aliphatic heterocycles. The Bertz CT molecular complexity index is 240. The van der Waals surface area contributed by atoms with Gasteiger partial charge in [0, 0.05) is 13.0 Å². The molecule has 17 heavy (non-hydrogen) atoms. The first-order chi connectivity index (χ1) is 7.95. The Labute approximate surface area is 101 Å². The van der Waals surface area contributed by atoms with E-state index >= 15 is 0 Å². The molecule has 0 aromatic rings. The van der Waals surface area contributed by atoms with E-state index in [9.17, 15) is 9.59 Å². The Morgan fingerprint density at radius 3 is 2.35 bits per heavy atom. The maximum Gasteiger partial charge on any atom is 0.320 e. The van der Waals surface area contributed by atoms with E-state index in [-0.39, 0.29) is 5.96 Å². The number of aldehydes is 1. The average molecular weight is 246 g/mol. The highest BCUT2D eigenvalue weighted by Crippen LogP contribution is 1.94. The number of hydrogen-bond acceptors (Lipinski definition) is 4. The van der Waals surface area contributed by atoms with Crippen molar-refractivity contribution in [3.05, 3.63) is 0 Å². The van der Waals surface area contributed by atoms with Gasteiger partial charge in [0.05, 0.1) is 0 Å². The van der Waals surface area contributed by atoms with Crippen LogP contribution in [-0.2, 0) is 9.59 Å². The Balaban J connectivity index is 0. The molecule has 0 rings (SSSR count). The summed E-state index contributed by atoms with van der Waals surface area (Å²) >= 11 is 0. The molecule has 0 heterocycles. The van der Waals surface area contributed by atoms with Crippen molar-refractivity contribution in [2.24, 2.45) is 22.2 Å². The maximum absolute atomic E-state index is 10.2. The van der Waals surface area contributed by atoms with Crippen molar-refractivity contribution in [1.29, 1.82) is 0 Å². The van der Waals surface area contributed by atoms with Crippen molar-refractivity contribution in [2.75, 3.05) is 6.54 Å². The molecule has 0 bridgehead atoms. The largest absolute Gasteiger partial charge is 0.480 e. The van der Waals surface area contributed by atoms with Crippen LogP contribution >= 0.6 is 0 Å². The number of unbranched alkanes of at least 4 members (excludes halogenated alkanes) is 1. The van der Waals surface area contributed by atoms with Gasteiger partial charge in [-0.15, -0.1) is 0 Å². The smallest absolute Gasteiger partial charge is 0.320 e. The van der Waals surface area contributed by atoms with Gasteiger partial charge in [0.15, 0.2) is 5.96 Å². The summed E-state index contributed by atoms with van der Waals surface area (Å²) in [5.74, 6) is -0.987. The van der Waals surface area contributed by atoms with Crippen molar-refractivity contribution >= 4 is 18.2 Å². The fourth-order valence-electron chi connectivity index (χ4n) is 0.761. The summed E-state index contributed by atoms with van der Waals surface area (Å²) < 4.78 is 0.